The van der Waals surface area contributed by atoms with E-state index >= 15 is 0 Å². The fraction of sp³-hybridized carbons (Fsp3) is 1.00. The minimum Gasteiger partial charge on any atom is -0.421 e. The molecule has 1 aliphatic heterocycles. The summed E-state index contributed by atoms with van der Waals surface area (Å²) in [6.07, 6.45) is 6.09. The molecule has 0 aromatic carbocycles. The lowest BCUT2D eigenvalue weighted by Gasteiger charge is -2.48. The second kappa shape index (κ2) is 12.0. The highest BCUT2D eigenvalue weighted by molar-refractivity contribution is 8.13. The van der Waals surface area contributed by atoms with Crippen molar-refractivity contribution >= 4 is 28.9 Å². The van der Waals surface area contributed by atoms with Gasteiger partial charge >= 0.3 is 19.8 Å². The summed E-state index contributed by atoms with van der Waals surface area (Å²) in [6, 6.07) is 0.651. The van der Waals surface area contributed by atoms with E-state index in [1.807, 2.05) is 0 Å². The number of likely N-dealkylation sites (tertiary alicyclic amines) is 1. The first kappa shape index (κ1) is 32.5. The molecule has 200 valence electrons. The van der Waals surface area contributed by atoms with Crippen molar-refractivity contribution < 1.29 is 60.9 Å². The molecule has 33 heavy (non-hydrogen) atoms. The summed E-state index contributed by atoms with van der Waals surface area (Å²) in [7, 11) is -10.8. The zero-order valence-electron chi connectivity index (χ0n) is 18.9. The molecule has 1 aliphatic rings. The SMILES string of the molecule is CCC(C)[N+]1(C[Si](OC)(OC)OC)CCCCC1.O=S(=O)([N-]S(=O)(=O)C(F)(F)F)C(F)(F)F. The Kier molecular flexibility index (Phi) is 11.8. The Morgan fingerprint density at radius 2 is 1.21 bits per heavy atom. The average molecular weight is 557 g/mol. The molecule has 0 amide bonds. The number of halogens is 6. The number of hydrogen-bond donors (Lipinski definition) is 0. The molecular formula is C15H30F6N2O7S2Si. The van der Waals surface area contributed by atoms with Crippen LogP contribution in [0.1, 0.15) is 39.5 Å². The molecule has 18 heteroatoms. The maximum absolute atomic E-state index is 11.4. The second-order valence-electron chi connectivity index (χ2n) is 7.35. The van der Waals surface area contributed by atoms with Crippen LogP contribution in [-0.2, 0) is 33.3 Å². The third-order valence-corrected chi connectivity index (χ3v) is 11.1. The molecule has 0 bridgehead atoms. The molecular weight excluding hydrogens is 526 g/mol. The zero-order chi connectivity index (χ0) is 26.4. The molecule has 1 unspecified atom stereocenters. The number of sulfonamides is 2. The van der Waals surface area contributed by atoms with Gasteiger partial charge in [0.2, 0.25) is 0 Å². The Morgan fingerprint density at radius 3 is 1.48 bits per heavy atom. The number of piperidine rings is 1. The lowest BCUT2D eigenvalue weighted by Crippen LogP contribution is -2.66. The van der Waals surface area contributed by atoms with Gasteiger partial charge in [0, 0.05) is 21.3 Å². The predicted octanol–water partition coefficient (Wildman–Crippen LogP) is 3.26. The predicted molar refractivity (Wildman–Crippen MR) is 109 cm³/mol. The van der Waals surface area contributed by atoms with E-state index in [2.05, 4.69) is 13.8 Å². The molecule has 1 saturated heterocycles. The summed E-state index contributed by atoms with van der Waals surface area (Å²) in [5, 5.41) is 0. The van der Waals surface area contributed by atoms with Crippen LogP contribution in [0.25, 0.3) is 4.13 Å². The lowest BCUT2D eigenvalue weighted by molar-refractivity contribution is -0.946. The van der Waals surface area contributed by atoms with Crippen LogP contribution < -0.4 is 0 Å². The van der Waals surface area contributed by atoms with Gasteiger partial charge in [-0.3, -0.25) is 0 Å². The van der Waals surface area contributed by atoms with E-state index < -0.39 is 39.9 Å². The third kappa shape index (κ3) is 8.59. The van der Waals surface area contributed by atoms with Crippen molar-refractivity contribution in [2.45, 2.75) is 56.6 Å². The van der Waals surface area contributed by atoms with E-state index in [0.717, 1.165) is 14.8 Å². The van der Waals surface area contributed by atoms with E-state index in [1.54, 1.807) is 21.3 Å². The van der Waals surface area contributed by atoms with Crippen LogP contribution in [0, 0.1) is 0 Å². The third-order valence-electron chi connectivity index (χ3n) is 5.46. The zero-order valence-corrected chi connectivity index (χ0v) is 21.5. The van der Waals surface area contributed by atoms with Gasteiger partial charge in [-0.25, -0.2) is 16.8 Å². The van der Waals surface area contributed by atoms with Crippen LogP contribution in [0.5, 0.6) is 0 Å². The molecule has 0 saturated carbocycles. The maximum atomic E-state index is 11.4. The lowest BCUT2D eigenvalue weighted by atomic mass is 10.0. The molecule has 0 aromatic heterocycles. The van der Waals surface area contributed by atoms with Crippen LogP contribution in [0.3, 0.4) is 0 Å². The van der Waals surface area contributed by atoms with Gasteiger partial charge < -0.3 is 21.9 Å². The number of rotatable bonds is 9. The molecule has 1 rings (SSSR count). The summed E-state index contributed by atoms with van der Waals surface area (Å²) in [4.78, 5) is 0. The minimum absolute atomic E-state index is 0.651. The molecule has 1 fully saturated rings. The molecule has 0 aromatic rings. The van der Waals surface area contributed by atoms with E-state index in [0.29, 0.717) is 6.04 Å². The van der Waals surface area contributed by atoms with Gasteiger partial charge in [-0.05, 0) is 32.6 Å². The quantitative estimate of drug-likeness (QED) is 0.244. The number of nitrogens with zero attached hydrogens (tertiary/aromatic N) is 2. The van der Waals surface area contributed by atoms with Gasteiger partial charge in [0.1, 0.15) is 6.17 Å². The number of hydrogen-bond acceptors (Lipinski definition) is 7. The Hall–Kier alpha value is -0.503. The normalized spacial score (nSPS) is 18.9. The average Bonchev–Trinajstić information content (AvgIpc) is 2.70. The monoisotopic (exact) mass is 556 g/mol. The summed E-state index contributed by atoms with van der Waals surface area (Å²) in [5.74, 6) is 0. The van der Waals surface area contributed by atoms with Crippen LogP contribution in [0.4, 0.5) is 26.3 Å². The fourth-order valence-electron chi connectivity index (χ4n) is 3.33. The van der Waals surface area contributed by atoms with Gasteiger partial charge in [-0.15, -0.1) is 0 Å². The first-order valence-electron chi connectivity index (χ1n) is 9.66. The molecule has 1 heterocycles. The first-order chi connectivity index (χ1) is 14.8. The Balaban J connectivity index is 0.000000633. The molecule has 0 spiro atoms. The van der Waals surface area contributed by atoms with Crippen molar-refractivity contribution in [2.75, 3.05) is 40.6 Å². The highest BCUT2D eigenvalue weighted by Gasteiger charge is 2.50. The fourth-order valence-corrected chi connectivity index (χ4v) is 7.32. The molecule has 1 atom stereocenters. The first-order valence-corrected chi connectivity index (χ1v) is 14.5. The van der Waals surface area contributed by atoms with Crippen molar-refractivity contribution in [3.8, 4) is 0 Å². The summed E-state index contributed by atoms with van der Waals surface area (Å²) >= 11 is 0. The Morgan fingerprint density at radius 1 is 0.848 bits per heavy atom. The molecule has 0 N–H and O–H groups in total. The largest absolute Gasteiger partial charge is 0.558 e. The van der Waals surface area contributed by atoms with Gasteiger partial charge in [0.25, 0.3) is 0 Å². The van der Waals surface area contributed by atoms with Crippen molar-refractivity contribution in [3.63, 3.8) is 0 Å². The molecule has 0 radical (unpaired) electrons. The van der Waals surface area contributed by atoms with Crippen LogP contribution >= 0.6 is 0 Å². The van der Waals surface area contributed by atoms with Gasteiger partial charge in [-0.1, -0.05) is 6.92 Å². The Labute approximate surface area is 191 Å². The summed E-state index contributed by atoms with van der Waals surface area (Å²) in [6.45, 7) is 7.10. The van der Waals surface area contributed by atoms with Crippen molar-refractivity contribution in [2.24, 2.45) is 0 Å². The highest BCUT2D eigenvalue weighted by atomic mass is 32.3. The van der Waals surface area contributed by atoms with Gasteiger partial charge in [0.05, 0.1) is 19.1 Å². The molecule has 0 aliphatic carbocycles. The van der Waals surface area contributed by atoms with Crippen LogP contribution in [0.15, 0.2) is 0 Å². The number of alkyl halides is 6. The van der Waals surface area contributed by atoms with Crippen molar-refractivity contribution in [3.05, 3.63) is 4.13 Å². The van der Waals surface area contributed by atoms with Gasteiger partial charge in [-0.2, -0.15) is 26.3 Å². The van der Waals surface area contributed by atoms with Crippen LogP contribution in [-0.4, -0.2) is 87.8 Å². The summed E-state index contributed by atoms with van der Waals surface area (Å²) in [5.41, 5.74) is -12.4. The maximum Gasteiger partial charge on any atom is 0.558 e. The minimum atomic E-state index is -6.72. The smallest absolute Gasteiger partial charge is 0.421 e. The van der Waals surface area contributed by atoms with E-state index in [1.165, 1.54) is 38.8 Å². The van der Waals surface area contributed by atoms with E-state index in [9.17, 15) is 43.2 Å². The topological polar surface area (TPSA) is 110 Å². The van der Waals surface area contributed by atoms with Crippen molar-refractivity contribution in [1.82, 2.24) is 0 Å². The molecule has 9 nitrogen and oxygen atoms in total. The highest BCUT2D eigenvalue weighted by Crippen LogP contribution is 2.36. The van der Waals surface area contributed by atoms with Crippen molar-refractivity contribution in [1.29, 1.82) is 0 Å². The van der Waals surface area contributed by atoms with E-state index in [-0.39, 0.29) is 0 Å². The standard InChI is InChI=1S/C13H30NO3Si.C2F6NO4S2/c1-6-13(2)14(10-8-7-9-11-14)12-18(15-3,16-4)17-5;3-1(4,5)14(10,11)9-15(12,13)2(6,7)8/h13H,6-12H2,1-5H3;/q+1;-1. The van der Waals surface area contributed by atoms with Crippen LogP contribution in [0.2, 0.25) is 0 Å². The van der Waals surface area contributed by atoms with E-state index in [4.69, 9.17) is 13.3 Å². The Bertz CT molecular complexity index is 761. The number of quaternary nitrogens is 1. The van der Waals surface area contributed by atoms with Gasteiger partial charge in [0.15, 0.2) is 20.0 Å². The second-order valence-corrected chi connectivity index (χ2v) is 13.7. The summed E-state index contributed by atoms with van der Waals surface area (Å²) < 4.78 is 127.